The Kier molecular flexibility index (Phi) is 2.05. The van der Waals surface area contributed by atoms with Crippen LogP contribution in [0.25, 0.3) is 0 Å². The molecule has 0 radical (unpaired) electrons. The minimum absolute atomic E-state index is 0.142. The lowest BCUT2D eigenvalue weighted by atomic mass is 10.7. The summed E-state index contributed by atoms with van der Waals surface area (Å²) in [7, 11) is 0. The second-order valence-electron chi connectivity index (χ2n) is 0.823. The molecular weight excluding hydrogens is 96.0 g/mol. The lowest BCUT2D eigenvalue weighted by molar-refractivity contribution is -0.148. The van der Waals surface area contributed by atoms with Crippen molar-refractivity contribution < 1.29 is 15.7 Å². The first-order chi connectivity index (χ1) is 3.68. The highest BCUT2D eigenvalue weighted by atomic mass is 16.5. The van der Waals surface area contributed by atoms with E-state index in [4.69, 9.17) is 1.37 Å². The molecule has 0 saturated carbocycles. The first-order valence-electron chi connectivity index (χ1n) is 2.36. The quantitative estimate of drug-likeness (QED) is 0.275. The van der Waals surface area contributed by atoms with Gasteiger partial charge in [-0.25, -0.2) is 4.79 Å². The van der Waals surface area contributed by atoms with E-state index in [2.05, 4.69) is 4.74 Å². The third-order valence-electron chi connectivity index (χ3n) is 0.359. The molecule has 0 amide bonds. The molecule has 0 bridgehead atoms. The predicted octanol–water partition coefficient (Wildman–Crippen LogP) is -0.252. The molecule has 40 valence electrons. The summed E-state index contributed by atoms with van der Waals surface area (Å²) in [5.41, 5.74) is 0. The van der Waals surface area contributed by atoms with E-state index < -0.39 is 12.2 Å². The number of ether oxygens (including phenoxy) is 1. The highest BCUT2D eigenvalue weighted by Crippen LogP contribution is 1.68. The molecule has 0 aromatic carbocycles. The maximum absolute atomic E-state index is 9.98. The molecule has 0 aromatic heterocycles. The topological polar surface area (TPSA) is 43.4 Å². The lowest BCUT2D eigenvalue weighted by Gasteiger charge is -1.88. The van der Waals surface area contributed by atoms with Crippen LogP contribution < -0.4 is 0 Å². The average molecular weight is 103 g/mol. The monoisotopic (exact) mass is 103 g/mol. The van der Waals surface area contributed by atoms with Gasteiger partial charge < -0.3 is 4.74 Å². The summed E-state index contributed by atoms with van der Waals surface area (Å²) in [5.74, 6) is -1.09. The smallest absolute Gasteiger partial charge is 0.371 e. The number of hydrogen-bond donors (Lipinski definition) is 0. The van der Waals surface area contributed by atoms with Gasteiger partial charge in [0.25, 0.3) is 0 Å². The van der Waals surface area contributed by atoms with Crippen LogP contribution in [0.4, 0.5) is 0 Å². The van der Waals surface area contributed by atoms with E-state index in [1.165, 1.54) is 0 Å². The summed E-state index contributed by atoms with van der Waals surface area (Å²) >= 11 is 0. The van der Waals surface area contributed by atoms with Crippen molar-refractivity contribution >= 4 is 12.2 Å². The van der Waals surface area contributed by atoms with Crippen molar-refractivity contribution in [2.45, 2.75) is 6.92 Å². The van der Waals surface area contributed by atoms with E-state index >= 15 is 0 Å². The average Bonchev–Trinajstić information content (AvgIpc) is 1.67. The summed E-state index contributed by atoms with van der Waals surface area (Å²) in [6.07, 6.45) is -1.30. The number of rotatable bonds is 2. The van der Waals surface area contributed by atoms with E-state index in [9.17, 15) is 9.59 Å². The molecule has 0 N–H and O–H groups in total. The summed E-state index contributed by atoms with van der Waals surface area (Å²) in [6, 6.07) is 0. The van der Waals surface area contributed by atoms with Gasteiger partial charge in [0.1, 0.15) is 1.37 Å². The van der Waals surface area contributed by atoms with E-state index in [0.717, 1.165) is 0 Å². The fraction of sp³-hybridized carbons (Fsp3) is 0.500. The van der Waals surface area contributed by atoms with Gasteiger partial charge in [0.15, 0.2) is 0 Å². The minimum Gasteiger partial charge on any atom is -0.460 e. The van der Waals surface area contributed by atoms with Crippen LogP contribution in [0.15, 0.2) is 0 Å². The fourth-order valence-corrected chi connectivity index (χ4v) is 0.161. The van der Waals surface area contributed by atoms with Crippen LogP contribution in [0.1, 0.15) is 8.29 Å². The Balaban J connectivity index is 3.49. The number of carbonyl (C=O) groups is 2. The molecule has 0 heterocycles. The Hall–Kier alpha value is -0.860. The molecule has 0 aliphatic rings. The molecule has 7 heavy (non-hydrogen) atoms. The molecular formula is C4H6O3. The van der Waals surface area contributed by atoms with Crippen LogP contribution in [0, 0.1) is 0 Å². The van der Waals surface area contributed by atoms with Gasteiger partial charge in [-0.05, 0) is 6.92 Å². The Morgan fingerprint density at radius 3 is 2.86 bits per heavy atom. The van der Waals surface area contributed by atoms with Gasteiger partial charge in [0.05, 0.1) is 6.61 Å². The van der Waals surface area contributed by atoms with Gasteiger partial charge in [0.2, 0.25) is 6.26 Å². The van der Waals surface area contributed by atoms with E-state index in [1.54, 1.807) is 6.92 Å². The zero-order valence-corrected chi connectivity index (χ0v) is 3.93. The van der Waals surface area contributed by atoms with Crippen molar-refractivity contribution in [3.05, 3.63) is 0 Å². The molecule has 3 heteroatoms. The molecule has 0 fully saturated rings. The second kappa shape index (κ2) is 3.33. The Morgan fingerprint density at radius 2 is 2.71 bits per heavy atom. The normalized spacial score (nSPS) is 9.57. The van der Waals surface area contributed by atoms with E-state index in [-0.39, 0.29) is 6.61 Å². The van der Waals surface area contributed by atoms with Crippen LogP contribution in [0.2, 0.25) is 0 Å². The predicted molar refractivity (Wildman–Crippen MR) is 22.7 cm³/mol. The number of esters is 1. The second-order valence-corrected chi connectivity index (χ2v) is 0.823. The van der Waals surface area contributed by atoms with Gasteiger partial charge in [-0.2, -0.15) is 0 Å². The third-order valence-corrected chi connectivity index (χ3v) is 0.359. The van der Waals surface area contributed by atoms with Crippen LogP contribution in [0.5, 0.6) is 0 Å². The SMILES string of the molecule is [2H]C(=O)C(=O)OCC. The fourth-order valence-electron chi connectivity index (χ4n) is 0.161. The van der Waals surface area contributed by atoms with Gasteiger partial charge in [0, 0.05) is 0 Å². The standard InChI is InChI=1S/C4H6O3/c1-2-7-4(6)3-5/h3H,2H2,1H3/i3D. The minimum atomic E-state index is -1.30. The third kappa shape index (κ3) is 2.96. The number of carbonyl (C=O) groups excluding carboxylic acids is 2. The van der Waals surface area contributed by atoms with Gasteiger partial charge in [-0.15, -0.1) is 0 Å². The van der Waals surface area contributed by atoms with E-state index in [1.807, 2.05) is 0 Å². The van der Waals surface area contributed by atoms with Crippen molar-refractivity contribution in [3.8, 4) is 0 Å². The largest absolute Gasteiger partial charge is 0.460 e. The highest BCUT2D eigenvalue weighted by molar-refractivity contribution is 6.20. The molecule has 3 nitrogen and oxygen atoms in total. The van der Waals surface area contributed by atoms with E-state index in [0.29, 0.717) is 0 Å². The zero-order valence-electron chi connectivity index (χ0n) is 4.93. The van der Waals surface area contributed by atoms with Crippen molar-refractivity contribution in [1.82, 2.24) is 0 Å². The maximum Gasteiger partial charge on any atom is 0.371 e. The van der Waals surface area contributed by atoms with Gasteiger partial charge in [-0.1, -0.05) is 0 Å². The van der Waals surface area contributed by atoms with Crippen molar-refractivity contribution in [2.24, 2.45) is 0 Å². The molecule has 0 atom stereocenters. The summed E-state index contributed by atoms with van der Waals surface area (Å²) < 4.78 is 10.3. The summed E-state index contributed by atoms with van der Waals surface area (Å²) in [4.78, 5) is 19.7. The molecule has 0 spiro atoms. The zero-order chi connectivity index (χ0) is 6.57. The Morgan fingerprint density at radius 1 is 2.14 bits per heavy atom. The molecule has 0 aromatic rings. The molecule has 0 unspecified atom stereocenters. The molecule has 0 aliphatic carbocycles. The molecule has 0 aliphatic heterocycles. The molecule has 0 rings (SSSR count). The van der Waals surface area contributed by atoms with Crippen molar-refractivity contribution in [2.75, 3.05) is 6.61 Å². The number of hydrogen-bond acceptors (Lipinski definition) is 3. The van der Waals surface area contributed by atoms with Crippen LogP contribution in [0.3, 0.4) is 0 Å². The Labute approximate surface area is 42.7 Å². The van der Waals surface area contributed by atoms with Crippen LogP contribution in [-0.2, 0) is 14.3 Å². The van der Waals surface area contributed by atoms with Crippen LogP contribution >= 0.6 is 0 Å². The maximum atomic E-state index is 9.98. The summed E-state index contributed by atoms with van der Waals surface area (Å²) in [5, 5.41) is 0. The van der Waals surface area contributed by atoms with Crippen LogP contribution in [-0.4, -0.2) is 18.8 Å². The van der Waals surface area contributed by atoms with Gasteiger partial charge >= 0.3 is 5.97 Å². The van der Waals surface area contributed by atoms with Crippen molar-refractivity contribution in [1.29, 1.82) is 0 Å². The molecule has 0 saturated heterocycles. The van der Waals surface area contributed by atoms with Gasteiger partial charge in [-0.3, -0.25) is 4.79 Å². The highest BCUT2D eigenvalue weighted by Gasteiger charge is 1.91. The summed E-state index contributed by atoms with van der Waals surface area (Å²) in [6.45, 7) is 1.71. The lowest BCUT2D eigenvalue weighted by Crippen LogP contribution is -2.03. The first-order valence-corrected chi connectivity index (χ1v) is 1.86. The number of aldehydes is 1. The van der Waals surface area contributed by atoms with Crippen molar-refractivity contribution in [3.63, 3.8) is 0 Å². The Bertz CT molecular complexity index is 110. The first kappa shape index (κ1) is 4.30.